The van der Waals surface area contributed by atoms with Gasteiger partial charge in [0.15, 0.2) is 6.61 Å². The number of hydrogen-bond acceptors (Lipinski definition) is 4. The topological polar surface area (TPSA) is 59.5 Å². The molecular weight excluding hydrogens is 328 g/mol. The average molecular weight is 348 g/mol. The molecule has 3 aromatic rings. The lowest BCUT2D eigenvalue weighted by Gasteiger charge is -2.26. The molecule has 5 nitrogen and oxygen atoms in total. The fourth-order valence-electron chi connectivity index (χ4n) is 2.77. The zero-order valence-electron chi connectivity index (χ0n) is 14.8. The maximum absolute atomic E-state index is 12.6. The molecule has 0 spiro atoms. The molecule has 0 saturated heterocycles. The number of ether oxygens (including phenoxy) is 1. The van der Waals surface area contributed by atoms with Crippen LogP contribution in [0.15, 0.2) is 66.7 Å². The maximum atomic E-state index is 12.6. The zero-order chi connectivity index (χ0) is 18.5. The van der Waals surface area contributed by atoms with E-state index < -0.39 is 5.97 Å². The minimum absolute atomic E-state index is 0.0533. The van der Waals surface area contributed by atoms with Crippen LogP contribution in [0, 0.1) is 0 Å². The van der Waals surface area contributed by atoms with Crippen molar-refractivity contribution < 1.29 is 14.3 Å². The molecule has 0 aliphatic carbocycles. The minimum atomic E-state index is -0.610. The van der Waals surface area contributed by atoms with E-state index in [0.717, 1.165) is 11.1 Å². The molecule has 132 valence electrons. The summed E-state index contributed by atoms with van der Waals surface area (Å²) >= 11 is 0. The number of carbonyl (C=O) groups is 2. The van der Waals surface area contributed by atoms with E-state index >= 15 is 0 Å². The van der Waals surface area contributed by atoms with Crippen molar-refractivity contribution in [2.75, 3.05) is 11.5 Å². The summed E-state index contributed by atoms with van der Waals surface area (Å²) in [4.78, 5) is 30.7. The highest BCUT2D eigenvalue weighted by Crippen LogP contribution is 2.17. The normalized spacial score (nSPS) is 10.7. The highest BCUT2D eigenvalue weighted by atomic mass is 16.5. The van der Waals surface area contributed by atoms with E-state index in [-0.39, 0.29) is 24.2 Å². The molecule has 1 amide bonds. The minimum Gasteiger partial charge on any atom is -0.451 e. The average Bonchev–Trinajstić information content (AvgIpc) is 2.66. The Kier molecular flexibility index (Phi) is 5.27. The molecule has 26 heavy (non-hydrogen) atoms. The Balaban J connectivity index is 1.70. The first kappa shape index (κ1) is 17.6. The van der Waals surface area contributed by atoms with Gasteiger partial charge in [-0.3, -0.25) is 4.79 Å². The number of nitrogens with zero attached hydrogens (tertiary/aromatic N) is 2. The molecule has 1 aromatic heterocycles. The van der Waals surface area contributed by atoms with Gasteiger partial charge in [-0.25, -0.2) is 9.78 Å². The second kappa shape index (κ2) is 7.78. The molecule has 1 heterocycles. The molecule has 0 aliphatic heterocycles. The molecule has 0 radical (unpaired) electrons. The lowest BCUT2D eigenvalue weighted by Crippen LogP contribution is -2.39. The second-order valence-corrected chi connectivity index (χ2v) is 6.16. The number of pyridine rings is 1. The van der Waals surface area contributed by atoms with E-state index in [0.29, 0.717) is 5.52 Å². The predicted octanol–water partition coefficient (Wildman–Crippen LogP) is 3.83. The van der Waals surface area contributed by atoms with E-state index in [4.69, 9.17) is 4.74 Å². The van der Waals surface area contributed by atoms with E-state index in [9.17, 15) is 9.59 Å². The third kappa shape index (κ3) is 3.88. The molecule has 0 fully saturated rings. The van der Waals surface area contributed by atoms with Gasteiger partial charge >= 0.3 is 5.97 Å². The molecule has 0 unspecified atom stereocenters. The molecule has 3 rings (SSSR count). The largest absolute Gasteiger partial charge is 0.451 e. The number of esters is 1. The zero-order valence-corrected chi connectivity index (χ0v) is 14.8. The van der Waals surface area contributed by atoms with E-state index in [1.807, 2.05) is 74.5 Å². The Morgan fingerprint density at radius 3 is 2.38 bits per heavy atom. The van der Waals surface area contributed by atoms with Gasteiger partial charge in [0, 0.05) is 17.1 Å². The summed E-state index contributed by atoms with van der Waals surface area (Å²) in [6, 6.07) is 20.2. The summed E-state index contributed by atoms with van der Waals surface area (Å²) in [5, 5.41) is 0.940. The number of anilines is 1. The number of hydrogen-bond donors (Lipinski definition) is 0. The van der Waals surface area contributed by atoms with Crippen molar-refractivity contribution in [2.45, 2.75) is 19.9 Å². The Morgan fingerprint density at radius 1 is 0.962 bits per heavy atom. The number of rotatable bonds is 5. The standard InChI is InChI=1S/C21H20N2O3/c1-15(2)23(17-9-4-3-5-10-17)20(24)14-26-21(25)19-13-12-16-8-6-7-11-18(16)22-19/h3-13,15H,14H2,1-2H3. The van der Waals surface area contributed by atoms with Gasteiger partial charge in [0.05, 0.1) is 5.52 Å². The van der Waals surface area contributed by atoms with Crippen molar-refractivity contribution in [2.24, 2.45) is 0 Å². The van der Waals surface area contributed by atoms with Gasteiger partial charge in [-0.15, -0.1) is 0 Å². The molecule has 2 aromatic carbocycles. The summed E-state index contributed by atoms with van der Waals surface area (Å²) in [5.74, 6) is -0.888. The summed E-state index contributed by atoms with van der Waals surface area (Å²) < 4.78 is 5.20. The van der Waals surface area contributed by atoms with Crippen molar-refractivity contribution in [3.63, 3.8) is 0 Å². The molecule has 0 saturated carbocycles. The molecule has 5 heteroatoms. The van der Waals surface area contributed by atoms with Crippen LogP contribution < -0.4 is 4.90 Å². The van der Waals surface area contributed by atoms with E-state index in [1.165, 1.54) is 0 Å². The molecule has 0 aliphatic rings. The van der Waals surface area contributed by atoms with Crippen LogP contribution >= 0.6 is 0 Å². The van der Waals surface area contributed by atoms with Crippen LogP contribution in [-0.2, 0) is 9.53 Å². The van der Waals surface area contributed by atoms with Crippen LogP contribution in [0.1, 0.15) is 24.3 Å². The fraction of sp³-hybridized carbons (Fsp3) is 0.190. The highest BCUT2D eigenvalue weighted by molar-refractivity contribution is 5.97. The van der Waals surface area contributed by atoms with Crippen LogP contribution in [0.25, 0.3) is 10.9 Å². The van der Waals surface area contributed by atoms with Crippen molar-refractivity contribution in [1.29, 1.82) is 0 Å². The first-order valence-electron chi connectivity index (χ1n) is 8.46. The highest BCUT2D eigenvalue weighted by Gasteiger charge is 2.21. The number of fused-ring (bicyclic) bond motifs is 1. The summed E-state index contributed by atoms with van der Waals surface area (Å²) in [6.07, 6.45) is 0. The van der Waals surface area contributed by atoms with Crippen molar-refractivity contribution in [3.8, 4) is 0 Å². The Labute approximate surface area is 152 Å². The lowest BCUT2D eigenvalue weighted by atomic mass is 10.2. The summed E-state index contributed by atoms with van der Waals surface area (Å²) in [6.45, 7) is 3.50. The Hall–Kier alpha value is -3.21. The summed E-state index contributed by atoms with van der Waals surface area (Å²) in [7, 11) is 0. The van der Waals surface area contributed by atoms with Crippen molar-refractivity contribution in [1.82, 2.24) is 4.98 Å². The monoisotopic (exact) mass is 348 g/mol. The molecule has 0 N–H and O–H groups in total. The van der Waals surface area contributed by atoms with Crippen molar-refractivity contribution >= 4 is 28.5 Å². The van der Waals surface area contributed by atoms with E-state index in [2.05, 4.69) is 4.98 Å². The van der Waals surface area contributed by atoms with Crippen molar-refractivity contribution in [3.05, 3.63) is 72.4 Å². The maximum Gasteiger partial charge on any atom is 0.357 e. The van der Waals surface area contributed by atoms with Gasteiger partial charge in [-0.2, -0.15) is 0 Å². The van der Waals surface area contributed by atoms with Gasteiger partial charge in [-0.1, -0.05) is 42.5 Å². The van der Waals surface area contributed by atoms with Gasteiger partial charge in [0.25, 0.3) is 5.91 Å². The fourth-order valence-corrected chi connectivity index (χ4v) is 2.77. The first-order chi connectivity index (χ1) is 12.6. The Bertz CT molecular complexity index is 923. The number of para-hydroxylation sites is 2. The van der Waals surface area contributed by atoms with Crippen LogP contribution in [0.2, 0.25) is 0 Å². The third-order valence-electron chi connectivity index (χ3n) is 3.95. The predicted molar refractivity (Wildman–Crippen MR) is 101 cm³/mol. The number of aromatic nitrogens is 1. The quantitative estimate of drug-likeness (QED) is 0.658. The second-order valence-electron chi connectivity index (χ2n) is 6.16. The molecule has 0 bridgehead atoms. The number of benzene rings is 2. The van der Waals surface area contributed by atoms with Crippen LogP contribution in [0.4, 0.5) is 5.69 Å². The van der Waals surface area contributed by atoms with Crippen LogP contribution in [0.3, 0.4) is 0 Å². The smallest absolute Gasteiger partial charge is 0.357 e. The molecular formula is C21H20N2O3. The van der Waals surface area contributed by atoms with Gasteiger partial charge < -0.3 is 9.64 Å². The third-order valence-corrected chi connectivity index (χ3v) is 3.95. The Morgan fingerprint density at radius 2 is 1.65 bits per heavy atom. The van der Waals surface area contributed by atoms with Crippen LogP contribution in [0.5, 0.6) is 0 Å². The van der Waals surface area contributed by atoms with Gasteiger partial charge in [-0.05, 0) is 38.1 Å². The number of amides is 1. The summed E-state index contributed by atoms with van der Waals surface area (Å²) in [5.41, 5.74) is 1.67. The van der Waals surface area contributed by atoms with Crippen LogP contribution in [-0.4, -0.2) is 29.5 Å². The SMILES string of the molecule is CC(C)N(C(=O)COC(=O)c1ccc2ccccc2n1)c1ccccc1. The number of carbonyl (C=O) groups excluding carboxylic acids is 2. The lowest BCUT2D eigenvalue weighted by molar-refractivity contribution is -0.122. The van der Waals surface area contributed by atoms with E-state index in [1.54, 1.807) is 11.0 Å². The van der Waals surface area contributed by atoms with Gasteiger partial charge in [0.2, 0.25) is 0 Å². The first-order valence-corrected chi connectivity index (χ1v) is 8.46. The van der Waals surface area contributed by atoms with Gasteiger partial charge in [0.1, 0.15) is 5.69 Å². The molecule has 0 atom stereocenters.